The summed E-state index contributed by atoms with van der Waals surface area (Å²) in [5, 5.41) is 3.16. The minimum atomic E-state index is -0.238. The van der Waals surface area contributed by atoms with E-state index in [0.717, 1.165) is 32.1 Å². The van der Waals surface area contributed by atoms with E-state index < -0.39 is 0 Å². The highest BCUT2D eigenvalue weighted by Gasteiger charge is 2.35. The van der Waals surface area contributed by atoms with Crippen LogP contribution in [-0.4, -0.2) is 31.6 Å². The van der Waals surface area contributed by atoms with Crippen LogP contribution in [0.4, 0.5) is 0 Å². The molecule has 1 amide bonds. The first-order valence-electron chi connectivity index (χ1n) is 8.73. The van der Waals surface area contributed by atoms with E-state index >= 15 is 0 Å². The minimum Gasteiger partial charge on any atom is -0.469 e. The van der Waals surface area contributed by atoms with Gasteiger partial charge in [-0.1, -0.05) is 25.7 Å². The molecule has 2 rings (SSSR count). The first-order valence-corrected chi connectivity index (χ1v) is 8.73. The second kappa shape index (κ2) is 10.1. The lowest BCUT2D eigenvalue weighted by Crippen LogP contribution is -2.46. The number of ether oxygens (including phenoxy) is 1. The van der Waals surface area contributed by atoms with E-state index in [0.29, 0.717) is 18.4 Å². The lowest BCUT2D eigenvalue weighted by molar-refractivity contribution is -0.142. The fraction of sp³-hybridized carbons (Fsp3) is 0.882. The third-order valence-corrected chi connectivity index (χ3v) is 5.46. The summed E-state index contributed by atoms with van der Waals surface area (Å²) < 4.78 is 4.81. The number of carbonyl (C=O) groups is 2. The number of carbonyl (C=O) groups excluding carboxylic acids is 2. The molecule has 0 radical (unpaired) electrons. The molecule has 0 aromatic rings. The number of halogens is 1. The second-order valence-corrected chi connectivity index (χ2v) is 6.83. The largest absolute Gasteiger partial charge is 0.469 e. The van der Waals surface area contributed by atoms with Crippen molar-refractivity contribution in [2.24, 2.45) is 23.5 Å². The molecule has 0 spiro atoms. The van der Waals surface area contributed by atoms with Crippen molar-refractivity contribution in [1.82, 2.24) is 5.32 Å². The van der Waals surface area contributed by atoms with Crippen molar-refractivity contribution in [2.45, 2.75) is 63.8 Å². The Morgan fingerprint density at radius 2 is 1.83 bits per heavy atom. The van der Waals surface area contributed by atoms with Crippen LogP contribution in [-0.2, 0) is 14.3 Å². The van der Waals surface area contributed by atoms with E-state index in [1.54, 1.807) is 0 Å². The molecule has 134 valence electrons. The molecule has 0 aliphatic heterocycles. The van der Waals surface area contributed by atoms with E-state index in [9.17, 15) is 9.59 Å². The van der Waals surface area contributed by atoms with Gasteiger partial charge in [-0.15, -0.1) is 12.4 Å². The summed E-state index contributed by atoms with van der Waals surface area (Å²) >= 11 is 0. The molecule has 3 N–H and O–H groups in total. The van der Waals surface area contributed by atoms with Gasteiger partial charge in [-0.2, -0.15) is 0 Å². The van der Waals surface area contributed by atoms with Crippen LogP contribution in [0.25, 0.3) is 0 Å². The van der Waals surface area contributed by atoms with Crippen molar-refractivity contribution in [3.05, 3.63) is 0 Å². The highest BCUT2D eigenvalue weighted by Crippen LogP contribution is 2.32. The molecular formula is C17H31ClN2O3. The topological polar surface area (TPSA) is 81.4 Å². The second-order valence-electron chi connectivity index (χ2n) is 6.83. The normalized spacial score (nSPS) is 26.2. The van der Waals surface area contributed by atoms with Crippen LogP contribution in [0.5, 0.6) is 0 Å². The SMILES string of the molecule is COC(=O)CC(NC(=O)[C@@H]1CCC[C@@H]1CN)C1CCCCC1.Cl. The molecule has 2 aliphatic rings. The van der Waals surface area contributed by atoms with Crippen LogP contribution < -0.4 is 11.1 Å². The van der Waals surface area contributed by atoms with Gasteiger partial charge in [0.1, 0.15) is 0 Å². The first kappa shape index (κ1) is 20.2. The van der Waals surface area contributed by atoms with E-state index in [-0.39, 0.29) is 42.7 Å². The number of esters is 1. The molecule has 2 saturated carbocycles. The lowest BCUT2D eigenvalue weighted by Gasteiger charge is -2.31. The number of rotatable bonds is 6. The fourth-order valence-corrected chi connectivity index (χ4v) is 4.09. The Morgan fingerprint density at radius 3 is 2.43 bits per heavy atom. The highest BCUT2D eigenvalue weighted by molar-refractivity contribution is 5.85. The van der Waals surface area contributed by atoms with Crippen LogP contribution in [0.2, 0.25) is 0 Å². The standard InChI is InChI=1S/C17H30N2O3.ClH/c1-22-16(20)10-15(12-6-3-2-4-7-12)19-17(21)14-9-5-8-13(14)11-18;/h12-15H,2-11,18H2,1H3,(H,19,21);1H/t13-,14-,15?;/m1./s1. The van der Waals surface area contributed by atoms with E-state index in [2.05, 4.69) is 5.32 Å². The quantitative estimate of drug-likeness (QED) is 0.724. The van der Waals surface area contributed by atoms with E-state index in [4.69, 9.17) is 10.5 Å². The zero-order valence-electron chi connectivity index (χ0n) is 14.1. The van der Waals surface area contributed by atoms with Gasteiger partial charge in [0.15, 0.2) is 0 Å². The van der Waals surface area contributed by atoms with Crippen LogP contribution >= 0.6 is 12.4 Å². The minimum absolute atomic E-state index is 0. The summed E-state index contributed by atoms with van der Waals surface area (Å²) in [6, 6.07) is -0.0840. The summed E-state index contributed by atoms with van der Waals surface area (Å²) in [7, 11) is 1.41. The van der Waals surface area contributed by atoms with Crippen LogP contribution in [0.15, 0.2) is 0 Å². The smallest absolute Gasteiger partial charge is 0.307 e. The number of nitrogens with one attached hydrogen (secondary N) is 1. The van der Waals surface area contributed by atoms with Crippen molar-refractivity contribution < 1.29 is 14.3 Å². The summed E-state index contributed by atoms with van der Waals surface area (Å²) in [6.07, 6.45) is 9.13. The van der Waals surface area contributed by atoms with Crippen LogP contribution in [0.3, 0.4) is 0 Å². The lowest BCUT2D eigenvalue weighted by atomic mass is 9.82. The number of hydrogen-bond donors (Lipinski definition) is 2. The molecule has 2 aliphatic carbocycles. The third kappa shape index (κ3) is 5.64. The van der Waals surface area contributed by atoms with Crippen molar-refractivity contribution >= 4 is 24.3 Å². The van der Waals surface area contributed by atoms with Gasteiger partial charge in [-0.25, -0.2) is 0 Å². The van der Waals surface area contributed by atoms with Gasteiger partial charge in [-0.05, 0) is 44.1 Å². The van der Waals surface area contributed by atoms with Crippen molar-refractivity contribution in [3.63, 3.8) is 0 Å². The summed E-state index contributed by atoms with van der Waals surface area (Å²) in [4.78, 5) is 24.3. The average Bonchev–Trinajstić information content (AvgIpc) is 3.03. The van der Waals surface area contributed by atoms with Crippen LogP contribution in [0.1, 0.15) is 57.8 Å². The van der Waals surface area contributed by atoms with Crippen molar-refractivity contribution in [3.8, 4) is 0 Å². The van der Waals surface area contributed by atoms with Crippen LogP contribution in [0, 0.1) is 17.8 Å². The predicted molar refractivity (Wildman–Crippen MR) is 92.3 cm³/mol. The maximum atomic E-state index is 12.6. The molecule has 0 bridgehead atoms. The number of hydrogen-bond acceptors (Lipinski definition) is 4. The molecule has 0 aromatic heterocycles. The number of nitrogens with two attached hydrogens (primary N) is 1. The molecular weight excluding hydrogens is 316 g/mol. The molecule has 23 heavy (non-hydrogen) atoms. The van der Waals surface area contributed by atoms with Gasteiger partial charge in [0.05, 0.1) is 13.5 Å². The van der Waals surface area contributed by atoms with Gasteiger partial charge in [0.2, 0.25) is 5.91 Å². The predicted octanol–water partition coefficient (Wildman–Crippen LogP) is 2.41. The Labute approximate surface area is 145 Å². The van der Waals surface area contributed by atoms with E-state index in [1.807, 2.05) is 0 Å². The fourth-order valence-electron chi connectivity index (χ4n) is 4.09. The molecule has 5 nitrogen and oxygen atoms in total. The molecule has 2 fully saturated rings. The number of methoxy groups -OCH3 is 1. The van der Waals surface area contributed by atoms with Crippen molar-refractivity contribution in [1.29, 1.82) is 0 Å². The molecule has 0 saturated heterocycles. The molecule has 1 unspecified atom stereocenters. The summed E-state index contributed by atoms with van der Waals surface area (Å²) in [5.74, 6) is 0.568. The Kier molecular flexibility index (Phi) is 8.92. The van der Waals surface area contributed by atoms with Gasteiger partial charge >= 0.3 is 5.97 Å². The molecule has 0 aromatic carbocycles. The van der Waals surface area contributed by atoms with Gasteiger partial charge in [0, 0.05) is 12.0 Å². The highest BCUT2D eigenvalue weighted by atomic mass is 35.5. The van der Waals surface area contributed by atoms with Gasteiger partial charge in [0.25, 0.3) is 0 Å². The number of amides is 1. The van der Waals surface area contributed by atoms with Gasteiger partial charge in [-0.3, -0.25) is 9.59 Å². The summed E-state index contributed by atoms with van der Waals surface area (Å²) in [6.45, 7) is 0.573. The van der Waals surface area contributed by atoms with Gasteiger partial charge < -0.3 is 15.8 Å². The zero-order chi connectivity index (χ0) is 15.9. The molecule has 3 atom stereocenters. The maximum absolute atomic E-state index is 12.6. The van der Waals surface area contributed by atoms with E-state index in [1.165, 1.54) is 26.4 Å². The Balaban J connectivity index is 0.00000264. The molecule has 0 heterocycles. The maximum Gasteiger partial charge on any atom is 0.307 e. The average molecular weight is 347 g/mol. The third-order valence-electron chi connectivity index (χ3n) is 5.46. The Hall–Kier alpha value is -0.810. The summed E-state index contributed by atoms with van der Waals surface area (Å²) in [5.41, 5.74) is 5.78. The Bertz CT molecular complexity index is 386. The first-order chi connectivity index (χ1) is 10.7. The van der Waals surface area contributed by atoms with Crippen molar-refractivity contribution in [2.75, 3.05) is 13.7 Å². The monoisotopic (exact) mass is 346 g/mol. The Morgan fingerprint density at radius 1 is 1.13 bits per heavy atom. The zero-order valence-corrected chi connectivity index (χ0v) is 14.9. The molecule has 6 heteroatoms.